The molecule has 0 aliphatic carbocycles. The van der Waals surface area contributed by atoms with Crippen molar-refractivity contribution in [2.75, 3.05) is 0 Å². The molecule has 0 radical (unpaired) electrons. The fourth-order valence-corrected chi connectivity index (χ4v) is 1.18. The molecule has 0 fully saturated rings. The Labute approximate surface area is 118 Å². The molecule has 110 valence electrons. The molecule has 0 aromatic carbocycles. The number of carbonyl (C=O) groups is 1. The van der Waals surface area contributed by atoms with E-state index in [4.69, 9.17) is 0 Å². The molecule has 4 N–H and O–H groups in total. The lowest BCUT2D eigenvalue weighted by Gasteiger charge is -2.08. The SMILES string of the molecule is C=C/C=C(/C)C(=O)N/C=C(O)/C(C)=C(O)/C(C)=C(\C)O. The topological polar surface area (TPSA) is 89.8 Å². The van der Waals surface area contributed by atoms with Gasteiger partial charge < -0.3 is 20.6 Å². The Morgan fingerprint density at radius 1 is 1.05 bits per heavy atom. The standard InChI is InChI=1S/C15H21NO4/c1-6-7-9(2)15(20)16-8-13(18)11(4)14(19)10(3)12(5)17/h6-8,17-19H,1H2,2-5H3,(H,16,20)/b9-7-,12-10+,13-8-,14-11-. The summed E-state index contributed by atoms with van der Waals surface area (Å²) in [6.07, 6.45) is 4.09. The van der Waals surface area contributed by atoms with Gasteiger partial charge in [0.2, 0.25) is 0 Å². The number of allylic oxidation sites excluding steroid dienone is 5. The zero-order valence-electron chi connectivity index (χ0n) is 12.2. The van der Waals surface area contributed by atoms with E-state index in [0.717, 1.165) is 6.20 Å². The molecule has 0 spiro atoms. The first-order valence-electron chi connectivity index (χ1n) is 5.98. The zero-order chi connectivity index (χ0) is 15.9. The Balaban J connectivity index is 5.14. The van der Waals surface area contributed by atoms with E-state index in [1.807, 2.05) is 0 Å². The van der Waals surface area contributed by atoms with Crippen LogP contribution in [0.25, 0.3) is 0 Å². The quantitative estimate of drug-likeness (QED) is 0.353. The minimum atomic E-state index is -0.394. The third kappa shape index (κ3) is 5.06. The van der Waals surface area contributed by atoms with E-state index in [0.29, 0.717) is 5.57 Å². The van der Waals surface area contributed by atoms with Crippen molar-refractivity contribution in [3.63, 3.8) is 0 Å². The van der Waals surface area contributed by atoms with Crippen LogP contribution in [0.5, 0.6) is 0 Å². The Hall–Kier alpha value is -2.43. The average Bonchev–Trinajstić information content (AvgIpc) is 2.41. The fraction of sp³-hybridized carbons (Fsp3) is 0.267. The van der Waals surface area contributed by atoms with Gasteiger partial charge in [-0.05, 0) is 27.7 Å². The summed E-state index contributed by atoms with van der Waals surface area (Å²) in [5.41, 5.74) is 0.815. The van der Waals surface area contributed by atoms with Crippen LogP contribution in [-0.4, -0.2) is 21.2 Å². The van der Waals surface area contributed by atoms with E-state index in [-0.39, 0.29) is 28.4 Å². The van der Waals surface area contributed by atoms with E-state index >= 15 is 0 Å². The molecule has 20 heavy (non-hydrogen) atoms. The molecule has 0 aliphatic heterocycles. The van der Waals surface area contributed by atoms with E-state index < -0.39 is 5.91 Å². The molecule has 0 saturated heterocycles. The summed E-state index contributed by atoms with van der Waals surface area (Å²) in [5.74, 6) is -0.994. The summed E-state index contributed by atoms with van der Waals surface area (Å²) >= 11 is 0. The van der Waals surface area contributed by atoms with Gasteiger partial charge in [-0.25, -0.2) is 0 Å². The van der Waals surface area contributed by atoms with Crippen LogP contribution in [0.4, 0.5) is 0 Å². The largest absolute Gasteiger partial charge is 0.512 e. The number of nitrogens with one attached hydrogen (secondary N) is 1. The van der Waals surface area contributed by atoms with Gasteiger partial charge in [0.15, 0.2) is 0 Å². The number of aliphatic hydroxyl groups is 3. The Kier molecular flexibility index (Phi) is 6.93. The Morgan fingerprint density at radius 2 is 1.60 bits per heavy atom. The highest BCUT2D eigenvalue weighted by atomic mass is 16.3. The van der Waals surface area contributed by atoms with Gasteiger partial charge >= 0.3 is 0 Å². The first-order chi connectivity index (χ1) is 9.22. The lowest BCUT2D eigenvalue weighted by atomic mass is 10.1. The van der Waals surface area contributed by atoms with Crippen LogP contribution in [0, 0.1) is 0 Å². The predicted molar refractivity (Wildman–Crippen MR) is 79.1 cm³/mol. The van der Waals surface area contributed by atoms with Crippen molar-refractivity contribution in [2.45, 2.75) is 27.7 Å². The fourth-order valence-electron chi connectivity index (χ4n) is 1.18. The monoisotopic (exact) mass is 279 g/mol. The van der Waals surface area contributed by atoms with Crippen molar-refractivity contribution in [1.82, 2.24) is 5.32 Å². The van der Waals surface area contributed by atoms with Crippen molar-refractivity contribution in [2.24, 2.45) is 0 Å². The first kappa shape index (κ1) is 17.6. The van der Waals surface area contributed by atoms with Crippen LogP contribution in [0.3, 0.4) is 0 Å². The lowest BCUT2D eigenvalue weighted by molar-refractivity contribution is -0.116. The highest BCUT2D eigenvalue weighted by Crippen LogP contribution is 2.18. The second kappa shape index (κ2) is 7.89. The van der Waals surface area contributed by atoms with Gasteiger partial charge in [-0.15, -0.1) is 0 Å². The molecule has 5 nitrogen and oxygen atoms in total. The summed E-state index contributed by atoms with van der Waals surface area (Å²) in [7, 11) is 0. The average molecular weight is 279 g/mol. The van der Waals surface area contributed by atoms with Crippen molar-refractivity contribution in [3.8, 4) is 0 Å². The molecule has 1 amide bonds. The number of hydrogen-bond acceptors (Lipinski definition) is 4. The van der Waals surface area contributed by atoms with E-state index in [9.17, 15) is 20.1 Å². The molecule has 0 aliphatic rings. The lowest BCUT2D eigenvalue weighted by Crippen LogP contribution is -2.18. The van der Waals surface area contributed by atoms with Gasteiger partial charge in [-0.3, -0.25) is 4.79 Å². The summed E-state index contributed by atoms with van der Waals surface area (Å²) in [5, 5.41) is 31.2. The van der Waals surface area contributed by atoms with Crippen LogP contribution in [0.1, 0.15) is 27.7 Å². The number of amides is 1. The molecule has 5 heteroatoms. The second-order valence-electron chi connectivity index (χ2n) is 4.27. The van der Waals surface area contributed by atoms with Crippen molar-refractivity contribution < 1.29 is 20.1 Å². The van der Waals surface area contributed by atoms with Gasteiger partial charge in [0, 0.05) is 22.9 Å². The molecule has 0 aromatic rings. The second-order valence-corrected chi connectivity index (χ2v) is 4.27. The van der Waals surface area contributed by atoms with Crippen LogP contribution >= 0.6 is 0 Å². The molecule has 0 bridgehead atoms. The number of aliphatic hydroxyl groups excluding tert-OH is 3. The summed E-state index contributed by atoms with van der Waals surface area (Å²) < 4.78 is 0. The highest BCUT2D eigenvalue weighted by Gasteiger charge is 2.10. The number of carbonyl (C=O) groups excluding carboxylic acids is 1. The third-order valence-electron chi connectivity index (χ3n) is 2.70. The van der Waals surface area contributed by atoms with Gasteiger partial charge in [0.25, 0.3) is 5.91 Å². The van der Waals surface area contributed by atoms with Gasteiger partial charge in [0.05, 0.1) is 5.76 Å². The number of rotatable bonds is 5. The van der Waals surface area contributed by atoms with Crippen molar-refractivity contribution >= 4 is 5.91 Å². The van der Waals surface area contributed by atoms with Gasteiger partial charge in [0.1, 0.15) is 11.5 Å². The molecule has 0 rings (SSSR count). The molecular formula is C15H21NO4. The van der Waals surface area contributed by atoms with Gasteiger partial charge in [-0.1, -0.05) is 18.7 Å². The highest BCUT2D eigenvalue weighted by molar-refractivity contribution is 5.93. The maximum absolute atomic E-state index is 11.6. The van der Waals surface area contributed by atoms with Crippen molar-refractivity contribution in [3.05, 3.63) is 58.9 Å². The van der Waals surface area contributed by atoms with Gasteiger partial charge in [-0.2, -0.15) is 0 Å². The minimum absolute atomic E-state index is 0.0524. The Morgan fingerprint density at radius 3 is 2.05 bits per heavy atom. The predicted octanol–water partition coefficient (Wildman–Crippen LogP) is 3.32. The summed E-state index contributed by atoms with van der Waals surface area (Å²) in [6.45, 7) is 9.47. The van der Waals surface area contributed by atoms with Crippen LogP contribution in [0.2, 0.25) is 0 Å². The zero-order valence-corrected chi connectivity index (χ0v) is 12.2. The summed E-state index contributed by atoms with van der Waals surface area (Å²) in [6, 6.07) is 0. The first-order valence-corrected chi connectivity index (χ1v) is 5.98. The summed E-state index contributed by atoms with van der Waals surface area (Å²) in [4.78, 5) is 11.6. The van der Waals surface area contributed by atoms with E-state index in [1.165, 1.54) is 32.9 Å². The maximum Gasteiger partial charge on any atom is 0.250 e. The minimum Gasteiger partial charge on any atom is -0.512 e. The number of hydrogen-bond donors (Lipinski definition) is 4. The maximum atomic E-state index is 11.6. The molecule has 0 atom stereocenters. The molecule has 0 unspecified atom stereocenters. The third-order valence-corrected chi connectivity index (χ3v) is 2.70. The van der Waals surface area contributed by atoms with E-state index in [1.54, 1.807) is 6.92 Å². The van der Waals surface area contributed by atoms with Crippen LogP contribution in [0.15, 0.2) is 58.9 Å². The van der Waals surface area contributed by atoms with Crippen LogP contribution < -0.4 is 5.32 Å². The van der Waals surface area contributed by atoms with Crippen molar-refractivity contribution in [1.29, 1.82) is 0 Å². The molecule has 0 saturated carbocycles. The van der Waals surface area contributed by atoms with E-state index in [2.05, 4.69) is 11.9 Å². The Bertz CT molecular complexity index is 518. The molecule has 0 heterocycles. The molecular weight excluding hydrogens is 258 g/mol. The van der Waals surface area contributed by atoms with Crippen LogP contribution in [-0.2, 0) is 4.79 Å². The smallest absolute Gasteiger partial charge is 0.250 e. The molecule has 0 aromatic heterocycles. The normalized spacial score (nSPS) is 15.2.